The molecule has 1 aliphatic heterocycles. The summed E-state index contributed by atoms with van der Waals surface area (Å²) in [5.41, 5.74) is -0.930. The van der Waals surface area contributed by atoms with Crippen molar-refractivity contribution in [2.75, 3.05) is 18.9 Å². The maximum Gasteiger partial charge on any atom is 0.406 e. The van der Waals surface area contributed by atoms with Crippen LogP contribution in [0.3, 0.4) is 0 Å². The number of benzene rings is 2. The molecule has 0 unspecified atom stereocenters. The fraction of sp³-hybridized carbons (Fsp3) is 0.217. The Morgan fingerprint density at radius 2 is 1.91 bits per heavy atom. The number of halogens is 5. The lowest BCUT2D eigenvalue weighted by Crippen LogP contribution is -2.55. The van der Waals surface area contributed by atoms with Gasteiger partial charge in [0.2, 0.25) is 5.91 Å². The second-order valence-corrected chi connectivity index (χ2v) is 7.61. The van der Waals surface area contributed by atoms with Gasteiger partial charge in [0.25, 0.3) is 5.91 Å². The number of alkyl halides is 3. The van der Waals surface area contributed by atoms with Crippen LogP contribution in [0.5, 0.6) is 0 Å². The largest absolute Gasteiger partial charge is 0.406 e. The molecule has 0 radical (unpaired) electrons. The predicted molar refractivity (Wildman–Crippen MR) is 116 cm³/mol. The van der Waals surface area contributed by atoms with E-state index in [2.05, 4.69) is 10.6 Å². The number of anilines is 1. The molecule has 1 heterocycles. The number of hydrogen-bond donors (Lipinski definition) is 3. The van der Waals surface area contributed by atoms with Crippen LogP contribution in [0, 0.1) is 28.4 Å². The van der Waals surface area contributed by atoms with Crippen LogP contribution in [0.1, 0.15) is 27.4 Å². The van der Waals surface area contributed by atoms with Crippen LogP contribution in [0.4, 0.5) is 27.6 Å². The summed E-state index contributed by atoms with van der Waals surface area (Å²) in [6.45, 7) is -1.77. The molecule has 0 saturated carbocycles. The monoisotopic (exact) mass is 491 g/mol. The lowest BCUT2D eigenvalue weighted by atomic mass is 9.79. The van der Waals surface area contributed by atoms with E-state index in [-0.39, 0.29) is 22.4 Å². The van der Waals surface area contributed by atoms with Gasteiger partial charge in [-0.3, -0.25) is 9.59 Å². The summed E-state index contributed by atoms with van der Waals surface area (Å²) >= 11 is 0. The fourth-order valence-electron chi connectivity index (χ4n) is 3.96. The second kappa shape index (κ2) is 9.92. The summed E-state index contributed by atoms with van der Waals surface area (Å²) in [5.74, 6) is -5.41. The van der Waals surface area contributed by atoms with Gasteiger partial charge in [0.15, 0.2) is 0 Å². The molecule has 0 aliphatic carbocycles. The number of amides is 2. The van der Waals surface area contributed by atoms with Gasteiger partial charge in [0, 0.05) is 36.3 Å². The number of fused-ring (bicyclic) bond motifs is 1. The van der Waals surface area contributed by atoms with Gasteiger partial charge in [-0.15, -0.1) is 0 Å². The quantitative estimate of drug-likeness (QED) is 0.423. The first-order chi connectivity index (χ1) is 16.5. The van der Waals surface area contributed by atoms with Crippen LogP contribution in [-0.2, 0) is 4.79 Å². The molecule has 35 heavy (non-hydrogen) atoms. The van der Waals surface area contributed by atoms with E-state index >= 15 is 0 Å². The van der Waals surface area contributed by atoms with Crippen molar-refractivity contribution in [3.8, 4) is 6.07 Å². The third-order valence-electron chi connectivity index (χ3n) is 5.24. The molecule has 2 aromatic rings. The van der Waals surface area contributed by atoms with Crippen molar-refractivity contribution in [1.29, 1.82) is 10.7 Å². The maximum atomic E-state index is 14.0. The highest BCUT2D eigenvalue weighted by Gasteiger charge is 2.48. The Morgan fingerprint density at radius 1 is 1.20 bits per heavy atom. The molecular formula is C23H18F5N5O2. The number of rotatable bonds is 6. The van der Waals surface area contributed by atoms with E-state index in [9.17, 15) is 31.5 Å². The van der Waals surface area contributed by atoms with Crippen LogP contribution in [0.15, 0.2) is 48.2 Å². The Bertz CT molecular complexity index is 1250. The topological polar surface area (TPSA) is 109 Å². The van der Waals surface area contributed by atoms with Crippen LogP contribution in [0.25, 0.3) is 0 Å². The smallest absolute Gasteiger partial charge is 0.394 e. The third kappa shape index (κ3) is 5.46. The molecule has 7 nitrogen and oxygen atoms in total. The summed E-state index contributed by atoms with van der Waals surface area (Å²) in [6.07, 6.45) is -3.02. The minimum Gasteiger partial charge on any atom is -0.394 e. The van der Waals surface area contributed by atoms with Crippen molar-refractivity contribution in [1.82, 2.24) is 10.2 Å². The van der Waals surface area contributed by atoms with E-state index in [0.717, 1.165) is 36.4 Å². The predicted octanol–water partition coefficient (Wildman–Crippen LogP) is 3.70. The van der Waals surface area contributed by atoms with Gasteiger partial charge in [0.05, 0.1) is 23.6 Å². The lowest BCUT2D eigenvalue weighted by Gasteiger charge is -2.42. The molecule has 3 N–H and O–H groups in total. The van der Waals surface area contributed by atoms with E-state index < -0.39 is 53.7 Å². The summed E-state index contributed by atoms with van der Waals surface area (Å²) < 4.78 is 68.2. The SMILES string of the molecule is CN/C=C(\C=N)[C@H]1[C@H](C(=O)Nc2cc(F)cc(C#N)c2)c2ccc(F)cc2C(=O)N1CC(F)(F)F. The summed E-state index contributed by atoms with van der Waals surface area (Å²) in [6, 6.07) is 5.88. The summed E-state index contributed by atoms with van der Waals surface area (Å²) in [5, 5.41) is 21.7. The van der Waals surface area contributed by atoms with E-state index in [1.54, 1.807) is 6.07 Å². The first kappa shape index (κ1) is 25.4. The van der Waals surface area contributed by atoms with Gasteiger partial charge in [-0.2, -0.15) is 18.4 Å². The van der Waals surface area contributed by atoms with Crippen molar-refractivity contribution in [3.63, 3.8) is 0 Å². The van der Waals surface area contributed by atoms with Crippen LogP contribution in [0.2, 0.25) is 0 Å². The highest BCUT2D eigenvalue weighted by Crippen LogP contribution is 2.39. The Labute approximate surface area is 196 Å². The maximum absolute atomic E-state index is 14.0. The highest BCUT2D eigenvalue weighted by molar-refractivity contribution is 6.06. The normalized spacial score (nSPS) is 17.9. The second-order valence-electron chi connectivity index (χ2n) is 7.61. The van der Waals surface area contributed by atoms with Crippen molar-refractivity contribution in [2.24, 2.45) is 0 Å². The molecule has 0 spiro atoms. The Kier molecular flexibility index (Phi) is 7.19. The zero-order valence-corrected chi connectivity index (χ0v) is 18.1. The molecule has 0 fully saturated rings. The van der Waals surface area contributed by atoms with Crippen molar-refractivity contribution >= 4 is 23.7 Å². The number of carbonyl (C=O) groups excluding carboxylic acids is 2. The minimum absolute atomic E-state index is 0.0712. The molecule has 3 rings (SSSR count). The van der Waals surface area contributed by atoms with E-state index in [1.807, 2.05) is 0 Å². The molecular weight excluding hydrogens is 473 g/mol. The van der Waals surface area contributed by atoms with E-state index in [1.165, 1.54) is 13.2 Å². The van der Waals surface area contributed by atoms with Gasteiger partial charge in [-0.25, -0.2) is 8.78 Å². The molecule has 0 saturated heterocycles. The molecule has 1 aliphatic rings. The van der Waals surface area contributed by atoms with E-state index in [4.69, 9.17) is 10.7 Å². The van der Waals surface area contributed by atoms with Crippen LogP contribution in [-0.4, -0.2) is 48.7 Å². The van der Waals surface area contributed by atoms with Crippen molar-refractivity contribution in [3.05, 3.63) is 76.5 Å². The van der Waals surface area contributed by atoms with Crippen LogP contribution >= 0.6 is 0 Å². The number of nitrogens with one attached hydrogen (secondary N) is 3. The standard InChI is InChI=1S/C23H18F5N5O2/c1-31-10-13(9-30)20-19(21(34)32-16-5-12(8-29)4-15(25)6-16)17-3-2-14(24)7-18(17)22(35)33(20)11-23(26,27)28/h2-7,9-10,19-20,30-31H,11H2,1H3,(H,32,34)/b13-10+,30-9?/t19-,20+/m1/s1. The first-order valence-corrected chi connectivity index (χ1v) is 10.1. The highest BCUT2D eigenvalue weighted by atomic mass is 19.4. The zero-order chi connectivity index (χ0) is 25.9. The Hall–Kier alpha value is -4.27. The average Bonchev–Trinajstić information content (AvgIpc) is 2.78. The zero-order valence-electron chi connectivity index (χ0n) is 18.1. The molecule has 12 heteroatoms. The number of nitrogens with zero attached hydrogens (tertiary/aromatic N) is 2. The first-order valence-electron chi connectivity index (χ1n) is 10.1. The van der Waals surface area contributed by atoms with Crippen LogP contribution < -0.4 is 10.6 Å². The Balaban J connectivity index is 2.21. The van der Waals surface area contributed by atoms with E-state index in [0.29, 0.717) is 11.1 Å². The minimum atomic E-state index is -4.88. The van der Waals surface area contributed by atoms with Gasteiger partial charge < -0.3 is 20.9 Å². The molecule has 2 amide bonds. The number of nitriles is 1. The number of hydrogen-bond acceptors (Lipinski definition) is 5. The molecule has 182 valence electrons. The third-order valence-corrected chi connectivity index (χ3v) is 5.24. The average molecular weight is 491 g/mol. The molecule has 0 bridgehead atoms. The molecule has 2 atom stereocenters. The number of carbonyl (C=O) groups is 2. The summed E-state index contributed by atoms with van der Waals surface area (Å²) in [7, 11) is 1.41. The van der Waals surface area contributed by atoms with Crippen molar-refractivity contribution < 1.29 is 31.5 Å². The summed E-state index contributed by atoms with van der Waals surface area (Å²) in [4.78, 5) is 26.8. The molecule has 0 aromatic heterocycles. The fourth-order valence-corrected chi connectivity index (χ4v) is 3.96. The Morgan fingerprint density at radius 3 is 2.51 bits per heavy atom. The van der Waals surface area contributed by atoms with Gasteiger partial charge in [-0.05, 0) is 35.9 Å². The van der Waals surface area contributed by atoms with Gasteiger partial charge in [-0.1, -0.05) is 6.07 Å². The van der Waals surface area contributed by atoms with Crippen molar-refractivity contribution in [2.45, 2.75) is 18.1 Å². The van der Waals surface area contributed by atoms with Gasteiger partial charge >= 0.3 is 6.18 Å². The lowest BCUT2D eigenvalue weighted by molar-refractivity contribution is -0.146. The molecule has 2 aromatic carbocycles. The van der Waals surface area contributed by atoms with Gasteiger partial charge in [0.1, 0.15) is 18.2 Å².